The van der Waals surface area contributed by atoms with Gasteiger partial charge in [0, 0.05) is 24.3 Å². The summed E-state index contributed by atoms with van der Waals surface area (Å²) in [5.41, 5.74) is 4.08. The highest BCUT2D eigenvalue weighted by Gasteiger charge is 2.30. The number of non-ortho nitro benzene ring substituents is 2. The van der Waals surface area contributed by atoms with Crippen molar-refractivity contribution in [3.05, 3.63) is 166 Å². The van der Waals surface area contributed by atoms with Gasteiger partial charge >= 0.3 is 12.0 Å². The number of fused-ring (bicyclic) bond motifs is 2. The van der Waals surface area contributed by atoms with Crippen LogP contribution in [0.4, 0.5) is 57.5 Å². The van der Waals surface area contributed by atoms with Crippen LogP contribution in [0.2, 0.25) is 0 Å². The third kappa shape index (κ3) is 6.93. The summed E-state index contributed by atoms with van der Waals surface area (Å²) in [5, 5.41) is 43.6. The van der Waals surface area contributed by atoms with Gasteiger partial charge in [0.05, 0.1) is 44.0 Å². The van der Waals surface area contributed by atoms with Crippen LogP contribution in [-0.2, 0) is 0 Å². The lowest BCUT2D eigenvalue weighted by atomic mass is 10.2. The highest BCUT2D eigenvalue weighted by molar-refractivity contribution is 5.83. The quantitative estimate of drug-likeness (QED) is 0.0705. The SMILES string of the molecule is O=[N+]([O-])c1ccc2oc(N(c3ccc(N=Nc4ccccc4)cc3)N(c3ccc(N=Nc4ccccc4)cc3)c3nc4cc([N+](=O)[O-])ccc4o3)nc2c1. The average molecular weight is 717 g/mol. The van der Waals surface area contributed by atoms with Crippen LogP contribution in [0.5, 0.6) is 0 Å². The van der Waals surface area contributed by atoms with Crippen molar-refractivity contribution in [2.75, 3.05) is 10.0 Å². The zero-order chi connectivity index (χ0) is 37.0. The lowest BCUT2D eigenvalue weighted by Gasteiger charge is -2.32. The zero-order valence-corrected chi connectivity index (χ0v) is 27.8. The molecule has 0 N–H and O–H groups in total. The van der Waals surface area contributed by atoms with E-state index in [-0.39, 0.29) is 45.6 Å². The zero-order valence-electron chi connectivity index (χ0n) is 27.8. The number of hydrogen-bond acceptors (Lipinski definition) is 14. The molecule has 2 aromatic heterocycles. The molecule has 0 bridgehead atoms. The van der Waals surface area contributed by atoms with Crippen LogP contribution < -0.4 is 10.0 Å². The molecule has 0 aliphatic rings. The molecule has 0 aliphatic carbocycles. The van der Waals surface area contributed by atoms with Gasteiger partial charge in [-0.15, -0.1) is 0 Å². The third-order valence-corrected chi connectivity index (χ3v) is 7.97. The number of anilines is 4. The Labute approximate surface area is 304 Å². The standard InChI is InChI=1S/C38H24N10O6/c49-47(50)31-19-21-35-33(23-31)39-37(53-35)45(29-15-11-27(12-16-29)43-41-25-7-3-1-4-8-25)46(38-40-34-24-32(48(51)52)20-22-36(34)54-38)30-17-13-28(14-18-30)44-42-26-9-5-2-6-10-26/h1-24H. The van der Waals surface area contributed by atoms with E-state index in [2.05, 4.69) is 30.4 Å². The van der Waals surface area contributed by atoms with Gasteiger partial charge in [-0.05, 0) is 84.9 Å². The molecule has 6 aromatic carbocycles. The largest absolute Gasteiger partial charge is 0.422 e. The fourth-order valence-electron chi connectivity index (χ4n) is 5.38. The molecule has 0 saturated carbocycles. The minimum Gasteiger partial charge on any atom is -0.422 e. The first-order valence-electron chi connectivity index (χ1n) is 16.2. The van der Waals surface area contributed by atoms with E-state index in [0.29, 0.717) is 34.1 Å². The van der Waals surface area contributed by atoms with Crippen LogP contribution in [0.15, 0.2) is 175 Å². The summed E-state index contributed by atoms with van der Waals surface area (Å²) in [7, 11) is 0. The second-order valence-corrected chi connectivity index (χ2v) is 11.5. The third-order valence-electron chi connectivity index (χ3n) is 7.97. The molecule has 0 aliphatic heterocycles. The summed E-state index contributed by atoms with van der Waals surface area (Å²) >= 11 is 0. The van der Waals surface area contributed by atoms with Crippen molar-refractivity contribution in [1.29, 1.82) is 0 Å². The Bertz CT molecular complexity index is 2490. The Hall–Kier alpha value is -8.14. The minimum absolute atomic E-state index is 0.00904. The molecule has 0 atom stereocenters. The first-order chi connectivity index (χ1) is 26.4. The molecule has 0 amide bonds. The predicted octanol–water partition coefficient (Wildman–Crippen LogP) is 11.5. The lowest BCUT2D eigenvalue weighted by Crippen LogP contribution is -2.36. The van der Waals surface area contributed by atoms with Crippen molar-refractivity contribution < 1.29 is 18.7 Å². The fraction of sp³-hybridized carbons (Fsp3) is 0. The summed E-state index contributed by atoms with van der Waals surface area (Å²) in [6.45, 7) is 0. The first-order valence-corrected chi connectivity index (χ1v) is 16.2. The fourth-order valence-corrected chi connectivity index (χ4v) is 5.38. The summed E-state index contributed by atoms with van der Waals surface area (Å²) < 4.78 is 12.5. The van der Waals surface area contributed by atoms with Crippen molar-refractivity contribution in [2.45, 2.75) is 0 Å². The molecule has 8 rings (SSSR count). The van der Waals surface area contributed by atoms with Gasteiger partial charge in [0.2, 0.25) is 0 Å². The number of rotatable bonds is 11. The van der Waals surface area contributed by atoms with Crippen LogP contribution >= 0.6 is 0 Å². The Morgan fingerprint density at radius 2 is 0.815 bits per heavy atom. The summed E-state index contributed by atoms with van der Waals surface area (Å²) in [5.74, 6) is 0. The van der Waals surface area contributed by atoms with Gasteiger partial charge in [0.15, 0.2) is 11.2 Å². The topological polar surface area (TPSA) is 194 Å². The van der Waals surface area contributed by atoms with Gasteiger partial charge in [-0.1, -0.05) is 36.4 Å². The van der Waals surface area contributed by atoms with Crippen LogP contribution in [0.3, 0.4) is 0 Å². The number of nitro groups is 2. The second-order valence-electron chi connectivity index (χ2n) is 11.5. The Morgan fingerprint density at radius 1 is 0.463 bits per heavy atom. The summed E-state index contributed by atoms with van der Waals surface area (Å²) in [4.78, 5) is 31.5. The monoisotopic (exact) mass is 716 g/mol. The molecule has 0 unspecified atom stereocenters. The molecule has 0 spiro atoms. The van der Waals surface area contributed by atoms with Crippen molar-refractivity contribution in [1.82, 2.24) is 9.97 Å². The lowest BCUT2D eigenvalue weighted by molar-refractivity contribution is -0.384. The number of aromatic nitrogens is 2. The van der Waals surface area contributed by atoms with E-state index in [4.69, 9.17) is 8.83 Å². The number of nitro benzene ring substituents is 2. The normalized spacial score (nSPS) is 11.5. The molecule has 262 valence electrons. The van der Waals surface area contributed by atoms with Gasteiger partial charge in [0.1, 0.15) is 11.0 Å². The molecule has 0 fully saturated rings. The number of nitrogens with zero attached hydrogens (tertiary/aromatic N) is 10. The number of oxazole rings is 2. The Morgan fingerprint density at radius 3 is 1.17 bits per heavy atom. The van der Waals surface area contributed by atoms with Crippen molar-refractivity contribution in [3.63, 3.8) is 0 Å². The van der Waals surface area contributed by atoms with E-state index in [1.54, 1.807) is 58.5 Å². The van der Waals surface area contributed by atoms with E-state index >= 15 is 0 Å². The molecular formula is C38H24N10O6. The highest BCUT2D eigenvalue weighted by Crippen LogP contribution is 2.40. The van der Waals surface area contributed by atoms with Gasteiger partial charge in [-0.2, -0.15) is 40.4 Å². The van der Waals surface area contributed by atoms with Crippen LogP contribution in [0, 0.1) is 20.2 Å². The highest BCUT2D eigenvalue weighted by atomic mass is 16.6. The number of hydrogen-bond donors (Lipinski definition) is 0. The van der Waals surface area contributed by atoms with Crippen molar-refractivity contribution in [2.24, 2.45) is 20.5 Å². The molecule has 0 radical (unpaired) electrons. The summed E-state index contributed by atoms with van der Waals surface area (Å²) in [6.07, 6.45) is 0. The molecule has 8 aromatic rings. The second kappa shape index (κ2) is 14.2. The maximum Gasteiger partial charge on any atom is 0.323 e. The summed E-state index contributed by atoms with van der Waals surface area (Å²) in [6, 6.07) is 40.7. The molecule has 54 heavy (non-hydrogen) atoms. The van der Waals surface area contributed by atoms with Crippen LogP contribution in [0.25, 0.3) is 22.2 Å². The van der Waals surface area contributed by atoms with E-state index in [0.717, 1.165) is 0 Å². The smallest absolute Gasteiger partial charge is 0.323 e. The Kier molecular flexibility index (Phi) is 8.71. The van der Waals surface area contributed by atoms with Crippen LogP contribution in [-0.4, -0.2) is 19.8 Å². The number of azo groups is 2. The predicted molar refractivity (Wildman–Crippen MR) is 200 cm³/mol. The molecule has 16 nitrogen and oxygen atoms in total. The van der Waals surface area contributed by atoms with E-state index in [1.807, 2.05) is 60.7 Å². The first kappa shape index (κ1) is 33.0. The minimum atomic E-state index is -0.519. The van der Waals surface area contributed by atoms with E-state index in [9.17, 15) is 20.2 Å². The van der Waals surface area contributed by atoms with E-state index < -0.39 is 9.85 Å². The van der Waals surface area contributed by atoms with E-state index in [1.165, 1.54) is 36.4 Å². The molecular weight excluding hydrogens is 692 g/mol. The van der Waals surface area contributed by atoms with Gasteiger partial charge in [0.25, 0.3) is 11.4 Å². The van der Waals surface area contributed by atoms with Crippen LogP contribution in [0.1, 0.15) is 0 Å². The maximum absolute atomic E-state index is 11.6. The molecule has 0 saturated heterocycles. The number of benzene rings is 6. The number of hydrazine groups is 1. The average Bonchev–Trinajstić information content (AvgIpc) is 3.83. The Balaban J connectivity index is 1.27. The molecule has 2 heterocycles. The van der Waals surface area contributed by atoms with Gasteiger partial charge in [-0.25, -0.2) is 0 Å². The van der Waals surface area contributed by atoms with Crippen molar-refractivity contribution in [3.8, 4) is 0 Å². The van der Waals surface area contributed by atoms with Gasteiger partial charge < -0.3 is 8.83 Å². The van der Waals surface area contributed by atoms with Crippen molar-refractivity contribution >= 4 is 79.7 Å². The van der Waals surface area contributed by atoms with Gasteiger partial charge in [-0.3, -0.25) is 20.2 Å². The molecule has 16 heteroatoms. The maximum atomic E-state index is 11.6.